The second kappa shape index (κ2) is 7.47. The van der Waals surface area contributed by atoms with Crippen LogP contribution in [-0.2, 0) is 0 Å². The quantitative estimate of drug-likeness (QED) is 0.593. The van der Waals surface area contributed by atoms with E-state index in [1.807, 2.05) is 13.8 Å². The van der Waals surface area contributed by atoms with Crippen molar-refractivity contribution in [2.24, 2.45) is 0 Å². The highest BCUT2D eigenvalue weighted by Crippen LogP contribution is 2.40. The van der Waals surface area contributed by atoms with Crippen LogP contribution >= 0.6 is 0 Å². The van der Waals surface area contributed by atoms with Crippen molar-refractivity contribution in [1.29, 1.82) is 0 Å². The van der Waals surface area contributed by atoms with Crippen molar-refractivity contribution in [3.63, 3.8) is 0 Å². The number of anilines is 1. The van der Waals surface area contributed by atoms with Gasteiger partial charge in [0, 0.05) is 19.0 Å². The summed E-state index contributed by atoms with van der Waals surface area (Å²) in [4.78, 5) is 11.2. The molecular weight excluding hydrogens is 297 g/mol. The Labute approximate surface area is 128 Å². The number of nitro groups is 1. The molecule has 1 aromatic carbocycles. The molecule has 0 aromatic heterocycles. The standard InChI is InChI=1S/C13H15F3N2O2.C2H6/c1-2-17(12-4-3-7-13(12,15)16)11-6-5-9(18(19)20)8-10(11)14;1-2/h5-6,8,12H,2-4,7H2,1H3;1-2H3. The fourth-order valence-electron chi connectivity index (χ4n) is 2.69. The van der Waals surface area contributed by atoms with Gasteiger partial charge in [-0.3, -0.25) is 10.1 Å². The zero-order valence-corrected chi connectivity index (χ0v) is 13.0. The Morgan fingerprint density at radius 1 is 1.41 bits per heavy atom. The second-order valence-electron chi connectivity index (χ2n) is 4.85. The molecule has 1 fully saturated rings. The van der Waals surface area contributed by atoms with Gasteiger partial charge in [0.05, 0.1) is 22.7 Å². The van der Waals surface area contributed by atoms with Gasteiger partial charge in [-0.05, 0) is 25.8 Å². The Morgan fingerprint density at radius 2 is 2.05 bits per heavy atom. The normalized spacial score (nSPS) is 19.3. The molecule has 0 saturated heterocycles. The number of nitro benzene ring substituents is 1. The predicted molar refractivity (Wildman–Crippen MR) is 80.0 cm³/mol. The van der Waals surface area contributed by atoms with Crippen LogP contribution in [0.2, 0.25) is 0 Å². The molecule has 1 atom stereocenters. The molecule has 1 saturated carbocycles. The third-order valence-corrected chi connectivity index (χ3v) is 3.64. The van der Waals surface area contributed by atoms with Crippen LogP contribution in [-0.4, -0.2) is 23.4 Å². The van der Waals surface area contributed by atoms with Crippen molar-refractivity contribution in [1.82, 2.24) is 0 Å². The van der Waals surface area contributed by atoms with Gasteiger partial charge in [-0.2, -0.15) is 0 Å². The minimum absolute atomic E-state index is 0.00956. The number of benzene rings is 1. The Bertz CT molecular complexity index is 524. The maximum Gasteiger partial charge on any atom is 0.272 e. The van der Waals surface area contributed by atoms with E-state index < -0.39 is 22.7 Å². The average Bonchev–Trinajstić information content (AvgIpc) is 2.83. The number of hydrogen-bond donors (Lipinski definition) is 0. The smallest absolute Gasteiger partial charge is 0.272 e. The Hall–Kier alpha value is -1.79. The van der Waals surface area contributed by atoms with Gasteiger partial charge in [-0.25, -0.2) is 13.2 Å². The number of nitrogens with zero attached hydrogens (tertiary/aromatic N) is 2. The number of halogens is 3. The predicted octanol–water partition coefficient (Wildman–Crippen LogP) is 4.77. The van der Waals surface area contributed by atoms with E-state index in [2.05, 4.69) is 0 Å². The van der Waals surface area contributed by atoms with Crippen molar-refractivity contribution in [2.75, 3.05) is 11.4 Å². The Balaban J connectivity index is 0.00000116. The second-order valence-corrected chi connectivity index (χ2v) is 4.85. The van der Waals surface area contributed by atoms with Crippen molar-refractivity contribution in [2.45, 2.75) is 52.0 Å². The summed E-state index contributed by atoms with van der Waals surface area (Å²) in [6.07, 6.45) is 0.475. The molecule has 1 unspecified atom stereocenters. The lowest BCUT2D eigenvalue weighted by Gasteiger charge is -2.33. The summed E-state index contributed by atoms with van der Waals surface area (Å²) in [6.45, 7) is 5.88. The third-order valence-electron chi connectivity index (χ3n) is 3.64. The summed E-state index contributed by atoms with van der Waals surface area (Å²) in [7, 11) is 0. The highest BCUT2D eigenvalue weighted by atomic mass is 19.3. The molecule has 2 rings (SSSR count). The highest BCUT2D eigenvalue weighted by molar-refractivity contribution is 5.53. The molecule has 7 heteroatoms. The third kappa shape index (κ3) is 3.69. The molecule has 1 aromatic rings. The van der Waals surface area contributed by atoms with E-state index in [0.717, 1.165) is 12.1 Å². The van der Waals surface area contributed by atoms with Crippen molar-refractivity contribution < 1.29 is 18.1 Å². The zero-order chi connectivity index (χ0) is 16.9. The molecule has 0 bridgehead atoms. The molecule has 0 aliphatic heterocycles. The molecule has 4 nitrogen and oxygen atoms in total. The molecule has 0 amide bonds. The SMILES string of the molecule is CC.CCN(c1ccc([N+](=O)[O-])cc1F)C1CCCC1(F)F. The first-order valence-electron chi connectivity index (χ1n) is 7.45. The largest absolute Gasteiger partial charge is 0.360 e. The maximum absolute atomic E-state index is 14.0. The molecular formula is C15H21F3N2O2. The van der Waals surface area contributed by atoms with E-state index in [1.54, 1.807) is 6.92 Å². The first-order chi connectivity index (χ1) is 10.4. The Kier molecular flexibility index (Phi) is 6.20. The first kappa shape index (κ1) is 18.3. The van der Waals surface area contributed by atoms with E-state index >= 15 is 0 Å². The number of alkyl halides is 2. The molecule has 1 aliphatic carbocycles. The van der Waals surface area contributed by atoms with E-state index in [1.165, 1.54) is 11.0 Å². The van der Waals surface area contributed by atoms with Crippen molar-refractivity contribution in [3.05, 3.63) is 34.1 Å². The lowest BCUT2D eigenvalue weighted by Crippen LogP contribution is -2.44. The van der Waals surface area contributed by atoms with Gasteiger partial charge in [0.25, 0.3) is 11.6 Å². The van der Waals surface area contributed by atoms with E-state index in [9.17, 15) is 23.3 Å². The monoisotopic (exact) mass is 318 g/mol. The maximum atomic E-state index is 14.0. The van der Waals surface area contributed by atoms with Gasteiger partial charge < -0.3 is 4.90 Å². The number of rotatable bonds is 4. The van der Waals surface area contributed by atoms with Crippen LogP contribution in [0.1, 0.15) is 40.0 Å². The van der Waals surface area contributed by atoms with Crippen LogP contribution in [0, 0.1) is 15.9 Å². The average molecular weight is 318 g/mol. The molecule has 1 aliphatic rings. The van der Waals surface area contributed by atoms with Crippen molar-refractivity contribution >= 4 is 11.4 Å². The van der Waals surface area contributed by atoms with Gasteiger partial charge in [0.15, 0.2) is 5.82 Å². The lowest BCUT2D eigenvalue weighted by molar-refractivity contribution is -0.385. The summed E-state index contributed by atoms with van der Waals surface area (Å²) >= 11 is 0. The van der Waals surface area contributed by atoms with Gasteiger partial charge in [0.2, 0.25) is 0 Å². The van der Waals surface area contributed by atoms with Crippen LogP contribution in [0.15, 0.2) is 18.2 Å². The molecule has 0 N–H and O–H groups in total. The van der Waals surface area contributed by atoms with Gasteiger partial charge in [0.1, 0.15) is 0 Å². The summed E-state index contributed by atoms with van der Waals surface area (Å²) < 4.78 is 41.6. The first-order valence-corrected chi connectivity index (χ1v) is 7.45. The molecule has 0 heterocycles. The Morgan fingerprint density at radius 3 is 2.45 bits per heavy atom. The minimum atomic E-state index is -2.86. The fourth-order valence-corrected chi connectivity index (χ4v) is 2.69. The van der Waals surface area contributed by atoms with Crippen LogP contribution in [0.3, 0.4) is 0 Å². The van der Waals surface area contributed by atoms with Gasteiger partial charge in [-0.15, -0.1) is 0 Å². The zero-order valence-electron chi connectivity index (χ0n) is 13.0. The summed E-state index contributed by atoms with van der Waals surface area (Å²) in [5.41, 5.74) is -0.398. The molecule has 124 valence electrons. The van der Waals surface area contributed by atoms with Gasteiger partial charge in [-0.1, -0.05) is 13.8 Å². The van der Waals surface area contributed by atoms with Crippen LogP contribution in [0.4, 0.5) is 24.5 Å². The molecule has 22 heavy (non-hydrogen) atoms. The fraction of sp³-hybridized carbons (Fsp3) is 0.600. The summed E-state index contributed by atoms with van der Waals surface area (Å²) in [5.74, 6) is -3.70. The van der Waals surface area contributed by atoms with E-state index in [4.69, 9.17) is 0 Å². The lowest BCUT2D eigenvalue weighted by atomic mass is 10.1. The summed E-state index contributed by atoms with van der Waals surface area (Å²) in [5, 5.41) is 10.6. The van der Waals surface area contributed by atoms with Crippen LogP contribution in [0.25, 0.3) is 0 Å². The van der Waals surface area contributed by atoms with Crippen LogP contribution < -0.4 is 4.90 Å². The molecule has 0 radical (unpaired) electrons. The number of hydrogen-bond acceptors (Lipinski definition) is 3. The highest BCUT2D eigenvalue weighted by Gasteiger charge is 2.47. The number of non-ortho nitro benzene ring substituents is 1. The minimum Gasteiger partial charge on any atom is -0.360 e. The van der Waals surface area contributed by atoms with Gasteiger partial charge >= 0.3 is 0 Å². The van der Waals surface area contributed by atoms with Crippen molar-refractivity contribution in [3.8, 4) is 0 Å². The van der Waals surface area contributed by atoms with E-state index in [-0.39, 0.29) is 30.8 Å². The van der Waals surface area contributed by atoms with E-state index in [0.29, 0.717) is 6.42 Å². The summed E-state index contributed by atoms with van der Waals surface area (Å²) in [6, 6.07) is 2.05. The topological polar surface area (TPSA) is 46.4 Å². The van der Waals surface area contributed by atoms with Crippen LogP contribution in [0.5, 0.6) is 0 Å². The molecule has 0 spiro atoms.